The van der Waals surface area contributed by atoms with Crippen molar-refractivity contribution < 1.29 is 22.6 Å². The number of amides is 2. The van der Waals surface area contributed by atoms with Crippen molar-refractivity contribution in [1.29, 1.82) is 0 Å². The van der Waals surface area contributed by atoms with Crippen molar-refractivity contribution in [2.75, 3.05) is 4.90 Å². The first-order valence-corrected chi connectivity index (χ1v) is 8.45. The van der Waals surface area contributed by atoms with Gasteiger partial charge in [-0.2, -0.15) is 8.42 Å². The number of carbonyl (C=O) groups is 2. The highest BCUT2D eigenvalue weighted by Gasteiger charge is 2.59. The second kappa shape index (κ2) is 4.27. The summed E-state index contributed by atoms with van der Waals surface area (Å²) in [4.78, 5) is 26.0. The zero-order chi connectivity index (χ0) is 15.6. The number of hydrogen-bond donors (Lipinski definition) is 1. The third-order valence-corrected chi connectivity index (χ3v) is 5.73. The van der Waals surface area contributed by atoms with Crippen molar-refractivity contribution >= 4 is 27.6 Å². The first-order valence-electron chi connectivity index (χ1n) is 7.01. The lowest BCUT2D eigenvalue weighted by molar-refractivity contribution is -0.123. The van der Waals surface area contributed by atoms with Gasteiger partial charge in [-0.15, -0.1) is 0 Å². The van der Waals surface area contributed by atoms with Crippen LogP contribution < -0.4 is 4.90 Å². The summed E-state index contributed by atoms with van der Waals surface area (Å²) >= 11 is 0. The van der Waals surface area contributed by atoms with Crippen LogP contribution in [0, 0.1) is 23.7 Å². The highest BCUT2D eigenvalue weighted by Crippen LogP contribution is 2.53. The van der Waals surface area contributed by atoms with Gasteiger partial charge < -0.3 is 0 Å². The Bertz CT molecular complexity index is 781. The Morgan fingerprint density at radius 1 is 0.955 bits per heavy atom. The van der Waals surface area contributed by atoms with E-state index in [2.05, 4.69) is 0 Å². The molecule has 1 saturated carbocycles. The van der Waals surface area contributed by atoms with Crippen LogP contribution >= 0.6 is 0 Å². The summed E-state index contributed by atoms with van der Waals surface area (Å²) in [6, 6.07) is 5.11. The van der Waals surface area contributed by atoms with Crippen LogP contribution in [0.5, 0.6) is 0 Å². The molecule has 2 bridgehead atoms. The second-order valence-electron chi connectivity index (χ2n) is 5.98. The van der Waals surface area contributed by atoms with E-state index in [0.717, 1.165) is 11.3 Å². The number of anilines is 1. The van der Waals surface area contributed by atoms with Crippen molar-refractivity contribution in [1.82, 2.24) is 0 Å². The Labute approximate surface area is 127 Å². The van der Waals surface area contributed by atoms with E-state index in [0.29, 0.717) is 5.69 Å². The Morgan fingerprint density at radius 2 is 1.45 bits per heavy atom. The van der Waals surface area contributed by atoms with Crippen LogP contribution in [0.3, 0.4) is 0 Å². The van der Waals surface area contributed by atoms with E-state index < -0.39 is 10.1 Å². The van der Waals surface area contributed by atoms with Gasteiger partial charge in [0, 0.05) is 0 Å². The van der Waals surface area contributed by atoms with Crippen molar-refractivity contribution in [3.63, 3.8) is 0 Å². The molecule has 114 valence electrons. The molecule has 1 heterocycles. The van der Waals surface area contributed by atoms with Gasteiger partial charge in [-0.05, 0) is 42.5 Å². The van der Waals surface area contributed by atoms with Crippen molar-refractivity contribution in [2.24, 2.45) is 23.7 Å². The summed E-state index contributed by atoms with van der Waals surface area (Å²) < 4.78 is 31.1. The summed E-state index contributed by atoms with van der Waals surface area (Å²) in [6.45, 7) is 0. The molecule has 2 aliphatic carbocycles. The predicted octanol–water partition coefficient (Wildman–Crippen LogP) is 1.24. The predicted molar refractivity (Wildman–Crippen MR) is 76.5 cm³/mol. The third-order valence-electron chi connectivity index (χ3n) is 4.86. The summed E-state index contributed by atoms with van der Waals surface area (Å²) in [5.41, 5.74) is 0.344. The maximum absolute atomic E-state index is 12.6. The summed E-state index contributed by atoms with van der Waals surface area (Å²) in [6.07, 6.45) is 4.90. The molecule has 2 fully saturated rings. The van der Waals surface area contributed by atoms with Crippen molar-refractivity contribution in [3.8, 4) is 0 Å². The number of allylic oxidation sites excluding steroid dienone is 2. The van der Waals surface area contributed by atoms with E-state index in [9.17, 15) is 18.0 Å². The van der Waals surface area contributed by atoms with Gasteiger partial charge in [0.15, 0.2) is 0 Å². The van der Waals surface area contributed by atoms with Crippen molar-refractivity contribution in [2.45, 2.75) is 11.3 Å². The van der Waals surface area contributed by atoms with E-state index in [-0.39, 0.29) is 40.4 Å². The molecule has 2 amide bonds. The average molecular weight is 319 g/mol. The monoisotopic (exact) mass is 319 g/mol. The lowest BCUT2D eigenvalue weighted by Gasteiger charge is -2.17. The molecule has 6 nitrogen and oxygen atoms in total. The fraction of sp³-hybridized carbons (Fsp3) is 0.333. The summed E-state index contributed by atoms with van der Waals surface area (Å²) in [5, 5.41) is 0. The average Bonchev–Trinajstić information content (AvgIpc) is 3.12. The quantitative estimate of drug-likeness (QED) is 0.503. The van der Waals surface area contributed by atoms with E-state index in [4.69, 9.17) is 4.55 Å². The molecule has 4 rings (SSSR count). The maximum Gasteiger partial charge on any atom is 0.294 e. The number of imide groups is 1. The zero-order valence-corrected chi connectivity index (χ0v) is 12.2. The molecule has 0 spiro atoms. The highest BCUT2D eigenvalue weighted by molar-refractivity contribution is 7.85. The van der Waals surface area contributed by atoms with Crippen LogP contribution in [-0.2, 0) is 19.7 Å². The highest BCUT2D eigenvalue weighted by atomic mass is 32.2. The molecular formula is C15H13NO5S. The molecule has 0 aromatic heterocycles. The third kappa shape index (κ3) is 1.72. The van der Waals surface area contributed by atoms with Gasteiger partial charge in [0.2, 0.25) is 11.8 Å². The van der Waals surface area contributed by atoms with Crippen LogP contribution in [-0.4, -0.2) is 24.8 Å². The Morgan fingerprint density at radius 3 is 1.91 bits per heavy atom. The van der Waals surface area contributed by atoms with Gasteiger partial charge >= 0.3 is 0 Å². The number of carbonyl (C=O) groups excluding carboxylic acids is 2. The van der Waals surface area contributed by atoms with Gasteiger partial charge in [0.25, 0.3) is 10.1 Å². The minimum absolute atomic E-state index is 0.133. The Kier molecular flexibility index (Phi) is 2.65. The van der Waals surface area contributed by atoms with E-state index in [1.165, 1.54) is 24.3 Å². The van der Waals surface area contributed by atoms with Crippen molar-refractivity contribution in [3.05, 3.63) is 36.4 Å². The first-order chi connectivity index (χ1) is 10.4. The van der Waals surface area contributed by atoms with Gasteiger partial charge in [-0.3, -0.25) is 19.0 Å². The number of benzene rings is 1. The molecule has 1 N–H and O–H groups in total. The van der Waals surface area contributed by atoms with Crippen LogP contribution in [0.25, 0.3) is 0 Å². The van der Waals surface area contributed by atoms with E-state index >= 15 is 0 Å². The summed E-state index contributed by atoms with van der Waals surface area (Å²) in [5.74, 6) is -0.743. The van der Waals surface area contributed by atoms with Crippen LogP contribution in [0.4, 0.5) is 5.69 Å². The molecule has 3 aliphatic rings. The van der Waals surface area contributed by atoms with Crippen LogP contribution in [0.2, 0.25) is 0 Å². The fourth-order valence-electron chi connectivity index (χ4n) is 3.92. The lowest BCUT2D eigenvalue weighted by Crippen LogP contribution is -2.32. The number of fused-ring (bicyclic) bond motifs is 5. The zero-order valence-electron chi connectivity index (χ0n) is 11.4. The number of nitrogens with zero attached hydrogens (tertiary/aromatic N) is 1. The van der Waals surface area contributed by atoms with E-state index in [1.54, 1.807) is 0 Å². The maximum atomic E-state index is 12.6. The second-order valence-corrected chi connectivity index (χ2v) is 7.40. The van der Waals surface area contributed by atoms with Gasteiger partial charge in [0.05, 0.1) is 22.4 Å². The lowest BCUT2D eigenvalue weighted by atomic mass is 9.85. The van der Waals surface area contributed by atoms with Gasteiger partial charge in [-0.1, -0.05) is 12.2 Å². The Balaban J connectivity index is 1.70. The van der Waals surface area contributed by atoms with Crippen LogP contribution in [0.15, 0.2) is 41.3 Å². The minimum Gasteiger partial charge on any atom is -0.282 e. The molecule has 4 atom stereocenters. The van der Waals surface area contributed by atoms with E-state index in [1.807, 2.05) is 12.2 Å². The largest absolute Gasteiger partial charge is 0.294 e. The number of hydrogen-bond acceptors (Lipinski definition) is 4. The molecule has 1 aromatic carbocycles. The number of rotatable bonds is 2. The standard InChI is InChI=1S/C15H13NO5S/c17-14-12-8-1-2-9(7-8)13(12)15(18)16(14)10-3-5-11(6-4-10)22(19,20)21/h1-6,8-9,12-13H,7H2,(H,19,20,21)/t8-,9?,12-,13+/m0/s1. The van der Waals surface area contributed by atoms with Gasteiger partial charge in [-0.25, -0.2) is 0 Å². The molecule has 1 saturated heterocycles. The normalized spacial score (nSPS) is 32.9. The molecule has 0 radical (unpaired) electrons. The Hall–Kier alpha value is -1.99. The first kappa shape index (κ1) is 13.7. The molecule has 1 aromatic rings. The minimum atomic E-state index is -4.29. The molecule has 1 unspecified atom stereocenters. The van der Waals surface area contributed by atoms with Gasteiger partial charge in [0.1, 0.15) is 0 Å². The topological polar surface area (TPSA) is 91.8 Å². The molecule has 7 heteroatoms. The smallest absolute Gasteiger partial charge is 0.282 e. The SMILES string of the molecule is O=C1[C@@H]2[C@H](C(=O)N1c1ccc(S(=O)(=O)O)cc1)C1C=C[C@H]2C1. The molecular weight excluding hydrogens is 306 g/mol. The molecule has 22 heavy (non-hydrogen) atoms. The summed E-state index contributed by atoms with van der Waals surface area (Å²) in [7, 11) is -4.29. The van der Waals surface area contributed by atoms with Crippen LogP contribution in [0.1, 0.15) is 6.42 Å². The fourth-order valence-corrected chi connectivity index (χ4v) is 4.40. The molecule has 1 aliphatic heterocycles.